The van der Waals surface area contributed by atoms with Crippen LogP contribution in [0.15, 0.2) is 58.6 Å². The highest BCUT2D eigenvalue weighted by atomic mass is 32.2. The smallest absolute Gasteiger partial charge is 0.240 e. The summed E-state index contributed by atoms with van der Waals surface area (Å²) in [5.74, 6) is -0.0403. The number of fused-ring (bicyclic) bond motifs is 1. The molecule has 29 heavy (non-hydrogen) atoms. The summed E-state index contributed by atoms with van der Waals surface area (Å²) in [7, 11) is -2.05. The molecule has 1 heterocycles. The highest BCUT2D eigenvalue weighted by molar-refractivity contribution is 8.00. The van der Waals surface area contributed by atoms with E-state index in [2.05, 4.69) is 11.9 Å². The molecule has 0 bridgehead atoms. The first-order valence-electron chi connectivity index (χ1n) is 9.24. The highest BCUT2D eigenvalue weighted by Gasteiger charge is 2.23. The number of carbonyl (C=O) groups is 1. The number of benzene rings is 2. The van der Waals surface area contributed by atoms with Crippen LogP contribution in [0.2, 0.25) is 0 Å². The number of anilines is 1. The second-order valence-electron chi connectivity index (χ2n) is 6.73. The van der Waals surface area contributed by atoms with Crippen molar-refractivity contribution >= 4 is 44.4 Å². The second-order valence-corrected chi connectivity index (χ2v) is 9.60. The largest absolute Gasteiger partial charge is 0.319 e. The first kappa shape index (κ1) is 21.4. The van der Waals surface area contributed by atoms with Crippen LogP contribution in [0.25, 0.3) is 11.0 Å². The molecule has 1 unspecified atom stereocenters. The van der Waals surface area contributed by atoms with E-state index in [1.165, 1.54) is 23.9 Å². The zero-order chi connectivity index (χ0) is 21.2. The minimum Gasteiger partial charge on any atom is -0.319 e. The Bertz CT molecular complexity index is 1130. The van der Waals surface area contributed by atoms with Crippen LogP contribution < -0.4 is 10.0 Å². The van der Waals surface area contributed by atoms with E-state index in [0.717, 1.165) is 17.6 Å². The Kier molecular flexibility index (Phi) is 6.30. The quantitative estimate of drug-likeness (QED) is 0.578. The van der Waals surface area contributed by atoms with Gasteiger partial charge in [-0.15, -0.1) is 0 Å². The summed E-state index contributed by atoms with van der Waals surface area (Å²) in [5.41, 5.74) is 2.19. The van der Waals surface area contributed by atoms with Crippen molar-refractivity contribution in [2.24, 2.45) is 5.14 Å². The van der Waals surface area contributed by atoms with Crippen molar-refractivity contribution in [3.63, 3.8) is 0 Å². The molecule has 0 radical (unpaired) electrons. The number of amides is 1. The molecule has 0 fully saturated rings. The third kappa shape index (κ3) is 4.63. The third-order valence-electron chi connectivity index (χ3n) is 4.56. The van der Waals surface area contributed by atoms with Gasteiger partial charge in [0.1, 0.15) is 0 Å². The lowest BCUT2D eigenvalue weighted by Gasteiger charge is -2.21. The normalized spacial score (nSPS) is 12.8. The van der Waals surface area contributed by atoms with Gasteiger partial charge in [0.2, 0.25) is 15.9 Å². The number of thioether (sulfide) groups is 1. The maximum absolute atomic E-state index is 12.9. The van der Waals surface area contributed by atoms with E-state index >= 15 is 0 Å². The van der Waals surface area contributed by atoms with Crippen molar-refractivity contribution in [1.29, 1.82) is 0 Å². The number of para-hydroxylation sites is 1. The van der Waals surface area contributed by atoms with Crippen LogP contribution in [0.3, 0.4) is 0 Å². The lowest BCUT2D eigenvalue weighted by Crippen LogP contribution is -2.33. The number of aryl methyl sites for hydroxylation is 1. The lowest BCUT2D eigenvalue weighted by molar-refractivity contribution is -0.117. The number of nitrogens with zero attached hydrogens (tertiary/aromatic N) is 3. The van der Waals surface area contributed by atoms with Crippen LogP contribution in [0.4, 0.5) is 5.69 Å². The van der Waals surface area contributed by atoms with Crippen molar-refractivity contribution in [3.05, 3.63) is 48.5 Å². The fourth-order valence-electron chi connectivity index (χ4n) is 3.05. The molecule has 7 nitrogen and oxygen atoms in total. The molecule has 2 N–H and O–H groups in total. The van der Waals surface area contributed by atoms with Crippen molar-refractivity contribution < 1.29 is 13.2 Å². The number of sulfonamides is 1. The minimum atomic E-state index is -3.81. The highest BCUT2D eigenvalue weighted by Crippen LogP contribution is 2.30. The van der Waals surface area contributed by atoms with Crippen LogP contribution in [-0.4, -0.2) is 36.2 Å². The number of aromatic nitrogens is 2. The van der Waals surface area contributed by atoms with Crippen LogP contribution in [0.1, 0.15) is 20.3 Å². The number of nitrogens with two attached hydrogens (primary N) is 1. The Balaban J connectivity index is 1.91. The molecule has 154 valence electrons. The van der Waals surface area contributed by atoms with Gasteiger partial charge in [-0.05, 0) is 43.7 Å². The van der Waals surface area contributed by atoms with Gasteiger partial charge in [-0.1, -0.05) is 36.9 Å². The van der Waals surface area contributed by atoms with Gasteiger partial charge in [-0.2, -0.15) is 0 Å². The molecule has 0 aliphatic heterocycles. The second kappa shape index (κ2) is 8.56. The zero-order valence-electron chi connectivity index (χ0n) is 16.6. The molecule has 9 heteroatoms. The fourth-order valence-corrected chi connectivity index (χ4v) is 4.63. The molecule has 1 aromatic heterocycles. The average Bonchev–Trinajstić information content (AvgIpc) is 3.03. The topological polar surface area (TPSA) is 98.3 Å². The summed E-state index contributed by atoms with van der Waals surface area (Å²) in [4.78, 5) is 19.1. The average molecular weight is 433 g/mol. The first-order chi connectivity index (χ1) is 13.7. The molecule has 0 spiro atoms. The molecule has 3 rings (SSSR count). The van der Waals surface area contributed by atoms with E-state index in [1.54, 1.807) is 18.0 Å². The Hall–Kier alpha value is -2.36. The molecule has 3 aromatic rings. The van der Waals surface area contributed by atoms with Crippen LogP contribution in [-0.2, 0) is 21.4 Å². The van der Waals surface area contributed by atoms with Crippen molar-refractivity contribution in [2.45, 2.75) is 42.1 Å². The van der Waals surface area contributed by atoms with Gasteiger partial charge in [-0.25, -0.2) is 18.5 Å². The Morgan fingerprint density at radius 3 is 2.55 bits per heavy atom. The number of hydrogen-bond donors (Lipinski definition) is 1. The summed E-state index contributed by atoms with van der Waals surface area (Å²) in [6, 6.07) is 14.1. The number of rotatable bonds is 7. The SMILES string of the molecule is CCCn1c(SC(C)C(=O)N(C)c2ccccc2)nc2cc(S(N)(=O)=O)ccc21. The van der Waals surface area contributed by atoms with E-state index in [4.69, 9.17) is 5.14 Å². The first-order valence-corrected chi connectivity index (χ1v) is 11.7. The molecular weight excluding hydrogens is 408 g/mol. The standard InChI is InChI=1S/C20H24N4O3S2/c1-4-12-24-18-11-10-16(29(21,26)27)13-17(18)22-20(24)28-14(2)19(25)23(3)15-8-6-5-7-9-15/h5-11,13-14H,4,12H2,1-3H3,(H2,21,26,27). The maximum Gasteiger partial charge on any atom is 0.240 e. The van der Waals surface area contributed by atoms with Gasteiger partial charge in [0, 0.05) is 19.3 Å². The number of hydrogen-bond acceptors (Lipinski definition) is 5. The molecule has 0 saturated carbocycles. The van der Waals surface area contributed by atoms with Crippen LogP contribution in [0, 0.1) is 0 Å². The van der Waals surface area contributed by atoms with Gasteiger partial charge in [0.05, 0.1) is 21.2 Å². The van der Waals surface area contributed by atoms with Crippen molar-refractivity contribution in [3.8, 4) is 0 Å². The van der Waals surface area contributed by atoms with Crippen LogP contribution in [0.5, 0.6) is 0 Å². The molecule has 0 aliphatic rings. The molecule has 1 amide bonds. The maximum atomic E-state index is 12.9. The summed E-state index contributed by atoms with van der Waals surface area (Å²) < 4.78 is 25.3. The number of primary sulfonamides is 1. The third-order valence-corrected chi connectivity index (χ3v) is 6.55. The minimum absolute atomic E-state index is 0.0237. The number of imidazole rings is 1. The van der Waals surface area contributed by atoms with Crippen molar-refractivity contribution in [1.82, 2.24) is 9.55 Å². The Labute approximate surface area is 175 Å². The van der Waals surface area contributed by atoms with E-state index in [-0.39, 0.29) is 16.1 Å². The van der Waals surface area contributed by atoms with Crippen molar-refractivity contribution in [2.75, 3.05) is 11.9 Å². The van der Waals surface area contributed by atoms with Gasteiger partial charge in [0.15, 0.2) is 5.16 Å². The molecule has 0 saturated heterocycles. The summed E-state index contributed by atoms with van der Waals surface area (Å²) in [6.07, 6.45) is 0.877. The molecule has 2 aromatic carbocycles. The summed E-state index contributed by atoms with van der Waals surface area (Å²) >= 11 is 1.36. The monoisotopic (exact) mass is 432 g/mol. The van der Waals surface area contributed by atoms with Crippen LogP contribution >= 0.6 is 11.8 Å². The van der Waals surface area contributed by atoms with Gasteiger partial charge in [0.25, 0.3) is 0 Å². The lowest BCUT2D eigenvalue weighted by atomic mass is 10.3. The molecule has 0 aliphatic carbocycles. The van der Waals surface area contributed by atoms with E-state index in [1.807, 2.05) is 41.8 Å². The molecular formula is C20H24N4O3S2. The Morgan fingerprint density at radius 1 is 1.24 bits per heavy atom. The van der Waals surface area contributed by atoms with Gasteiger partial charge in [-0.3, -0.25) is 4.79 Å². The zero-order valence-corrected chi connectivity index (χ0v) is 18.2. The predicted octanol–water partition coefficient (Wildman–Crippen LogP) is 3.24. The van der Waals surface area contributed by atoms with E-state index in [9.17, 15) is 13.2 Å². The molecule has 1 atom stereocenters. The van der Waals surface area contributed by atoms with E-state index in [0.29, 0.717) is 17.2 Å². The Morgan fingerprint density at radius 2 is 1.93 bits per heavy atom. The summed E-state index contributed by atoms with van der Waals surface area (Å²) in [5, 5.41) is 5.55. The van der Waals surface area contributed by atoms with E-state index < -0.39 is 10.0 Å². The predicted molar refractivity (Wildman–Crippen MR) is 117 cm³/mol. The fraction of sp³-hybridized carbons (Fsp3) is 0.300. The van der Waals surface area contributed by atoms with Gasteiger partial charge >= 0.3 is 0 Å². The number of carbonyl (C=O) groups excluding carboxylic acids is 1. The summed E-state index contributed by atoms with van der Waals surface area (Å²) in [6.45, 7) is 4.61. The van der Waals surface area contributed by atoms with Gasteiger partial charge < -0.3 is 9.47 Å².